The van der Waals surface area contributed by atoms with Gasteiger partial charge in [-0.1, -0.05) is 0 Å². The van der Waals surface area contributed by atoms with E-state index in [0.717, 1.165) is 0 Å². The minimum atomic E-state index is -4.64. The maximum Gasteiger partial charge on any atom is 0.397 e. The van der Waals surface area contributed by atoms with Crippen molar-refractivity contribution in [2.45, 2.75) is 11.5 Å². The molecule has 0 amide bonds. The molecule has 1 rings (SSSR count). The number of rotatable bonds is 2. The van der Waals surface area contributed by atoms with Gasteiger partial charge in [0.1, 0.15) is 6.10 Å². The minimum absolute atomic E-state index is 0.339. The monoisotopic (exact) mass is 250 g/mol. The van der Waals surface area contributed by atoms with E-state index in [0.29, 0.717) is 0 Å². The molecule has 6 nitrogen and oxygen atoms in total. The summed E-state index contributed by atoms with van der Waals surface area (Å²) in [5, 5.41) is -0.938. The zero-order chi connectivity index (χ0) is 10.3. The van der Waals surface area contributed by atoms with Gasteiger partial charge in [-0.3, -0.25) is 4.55 Å². The summed E-state index contributed by atoms with van der Waals surface area (Å²) >= 11 is 5.49. The largest absolute Gasteiger partial charge is 0.397 e. The van der Waals surface area contributed by atoms with Gasteiger partial charge in [0.2, 0.25) is 0 Å². The molecule has 0 spiro atoms. The van der Waals surface area contributed by atoms with E-state index in [-0.39, 0.29) is 5.75 Å². The first-order chi connectivity index (χ1) is 5.70. The van der Waals surface area contributed by atoms with Crippen molar-refractivity contribution in [1.29, 1.82) is 0 Å². The fraction of sp³-hybridized carbons (Fsp3) is 1.00. The van der Waals surface area contributed by atoms with Crippen molar-refractivity contribution in [1.82, 2.24) is 0 Å². The highest BCUT2D eigenvalue weighted by molar-refractivity contribution is 7.91. The fourth-order valence-corrected chi connectivity index (χ4v) is 4.14. The molecule has 1 saturated heterocycles. The van der Waals surface area contributed by atoms with Gasteiger partial charge >= 0.3 is 10.4 Å². The van der Waals surface area contributed by atoms with Crippen LogP contribution in [0.15, 0.2) is 0 Å². The molecular formula is C4H7ClO6S2. The number of halogens is 1. The average Bonchev–Trinajstić information content (AvgIpc) is 2.00. The molecule has 1 heterocycles. The van der Waals surface area contributed by atoms with Crippen LogP contribution in [0.5, 0.6) is 0 Å². The molecule has 0 aromatic heterocycles. The number of sulfone groups is 1. The van der Waals surface area contributed by atoms with Crippen molar-refractivity contribution in [3.8, 4) is 0 Å². The van der Waals surface area contributed by atoms with E-state index in [2.05, 4.69) is 4.18 Å². The Morgan fingerprint density at radius 1 is 1.38 bits per heavy atom. The van der Waals surface area contributed by atoms with Gasteiger partial charge in [-0.2, -0.15) is 8.42 Å². The Hall–Kier alpha value is 0.110. The summed E-state index contributed by atoms with van der Waals surface area (Å²) < 4.78 is 54.6. The van der Waals surface area contributed by atoms with Crippen molar-refractivity contribution in [2.24, 2.45) is 0 Å². The number of alkyl halides is 1. The third kappa shape index (κ3) is 3.39. The van der Waals surface area contributed by atoms with Gasteiger partial charge in [-0.25, -0.2) is 12.6 Å². The Kier molecular flexibility index (Phi) is 2.89. The first kappa shape index (κ1) is 11.2. The Labute approximate surface area is 80.7 Å². The van der Waals surface area contributed by atoms with Crippen molar-refractivity contribution < 1.29 is 25.6 Å². The van der Waals surface area contributed by atoms with Crippen LogP contribution in [0.4, 0.5) is 0 Å². The molecule has 1 N–H and O–H groups in total. The highest BCUT2D eigenvalue weighted by atomic mass is 35.5. The van der Waals surface area contributed by atoms with E-state index in [9.17, 15) is 16.8 Å². The second-order valence-electron chi connectivity index (χ2n) is 2.66. The lowest BCUT2D eigenvalue weighted by Crippen LogP contribution is -2.25. The molecule has 78 valence electrons. The van der Waals surface area contributed by atoms with Crippen molar-refractivity contribution in [3.63, 3.8) is 0 Å². The molecule has 0 unspecified atom stereocenters. The summed E-state index contributed by atoms with van der Waals surface area (Å²) in [6, 6.07) is 0. The minimum Gasteiger partial charge on any atom is -0.264 e. The Morgan fingerprint density at radius 3 is 2.23 bits per heavy atom. The molecule has 0 saturated carbocycles. The molecule has 0 aliphatic carbocycles. The molecule has 0 radical (unpaired) electrons. The maximum atomic E-state index is 10.9. The van der Waals surface area contributed by atoms with Gasteiger partial charge in [-0.15, -0.1) is 11.6 Å². The van der Waals surface area contributed by atoms with E-state index in [1.807, 2.05) is 0 Å². The SMILES string of the molecule is O=S1(=O)C[C@H](OS(=O)(=O)O)[C@@H](Cl)C1. The Balaban J connectivity index is 2.76. The smallest absolute Gasteiger partial charge is 0.264 e. The van der Waals surface area contributed by atoms with Crippen LogP contribution in [-0.4, -0.2) is 44.4 Å². The van der Waals surface area contributed by atoms with Gasteiger partial charge in [-0.05, 0) is 0 Å². The summed E-state index contributed by atoms with van der Waals surface area (Å²) in [7, 11) is -7.99. The summed E-state index contributed by atoms with van der Waals surface area (Å²) in [4.78, 5) is 0. The van der Waals surface area contributed by atoms with Crippen LogP contribution < -0.4 is 0 Å². The molecule has 13 heavy (non-hydrogen) atoms. The van der Waals surface area contributed by atoms with E-state index < -0.39 is 37.5 Å². The van der Waals surface area contributed by atoms with E-state index >= 15 is 0 Å². The average molecular weight is 251 g/mol. The third-order valence-electron chi connectivity index (χ3n) is 1.48. The van der Waals surface area contributed by atoms with Gasteiger partial charge < -0.3 is 0 Å². The van der Waals surface area contributed by atoms with Crippen LogP contribution >= 0.6 is 11.6 Å². The predicted octanol–water partition coefficient (Wildman–Crippen LogP) is -0.790. The van der Waals surface area contributed by atoms with Gasteiger partial charge in [0.05, 0.1) is 16.9 Å². The predicted molar refractivity (Wildman–Crippen MR) is 44.7 cm³/mol. The molecule has 1 aliphatic rings. The molecule has 1 aliphatic heterocycles. The number of hydrogen-bond donors (Lipinski definition) is 1. The van der Waals surface area contributed by atoms with E-state index in [4.69, 9.17) is 16.2 Å². The maximum absolute atomic E-state index is 10.9. The highest BCUT2D eigenvalue weighted by Crippen LogP contribution is 2.21. The lowest BCUT2D eigenvalue weighted by Gasteiger charge is -2.08. The van der Waals surface area contributed by atoms with Gasteiger partial charge in [0, 0.05) is 0 Å². The Bertz CT molecular complexity index is 383. The van der Waals surface area contributed by atoms with Crippen LogP contribution in [-0.2, 0) is 24.4 Å². The van der Waals surface area contributed by atoms with E-state index in [1.165, 1.54) is 0 Å². The second kappa shape index (κ2) is 3.35. The van der Waals surface area contributed by atoms with Crippen LogP contribution in [0.2, 0.25) is 0 Å². The van der Waals surface area contributed by atoms with Crippen LogP contribution in [0.25, 0.3) is 0 Å². The molecule has 0 bridgehead atoms. The summed E-state index contributed by atoms with van der Waals surface area (Å²) in [5.41, 5.74) is 0. The first-order valence-electron chi connectivity index (χ1n) is 3.20. The zero-order valence-corrected chi connectivity index (χ0v) is 8.64. The van der Waals surface area contributed by atoms with Crippen molar-refractivity contribution in [2.75, 3.05) is 11.5 Å². The molecule has 0 aromatic rings. The standard InChI is InChI=1S/C4H7ClO6S2/c5-3-1-12(6,7)2-4(3)11-13(8,9)10/h3-4H,1-2H2,(H,8,9,10)/t3-,4-/m0/s1. The Morgan fingerprint density at radius 2 is 1.92 bits per heavy atom. The second-order valence-corrected chi connectivity index (χ2v) is 6.42. The molecule has 9 heteroatoms. The lowest BCUT2D eigenvalue weighted by atomic mass is 10.3. The number of hydrogen-bond acceptors (Lipinski definition) is 5. The normalized spacial score (nSPS) is 33.4. The van der Waals surface area contributed by atoms with Crippen LogP contribution in [0.3, 0.4) is 0 Å². The molecule has 2 atom stereocenters. The van der Waals surface area contributed by atoms with Gasteiger partial charge in [0.25, 0.3) is 0 Å². The summed E-state index contributed by atoms with van der Waals surface area (Å²) in [5.74, 6) is -0.824. The fourth-order valence-electron chi connectivity index (χ4n) is 1.02. The summed E-state index contributed by atoms with van der Waals surface area (Å²) in [6.07, 6.45) is -1.19. The highest BCUT2D eigenvalue weighted by Gasteiger charge is 2.39. The van der Waals surface area contributed by atoms with Crippen molar-refractivity contribution in [3.05, 3.63) is 0 Å². The van der Waals surface area contributed by atoms with Crippen LogP contribution in [0, 0.1) is 0 Å². The summed E-state index contributed by atoms with van der Waals surface area (Å²) in [6.45, 7) is 0. The van der Waals surface area contributed by atoms with E-state index in [1.54, 1.807) is 0 Å². The van der Waals surface area contributed by atoms with Crippen LogP contribution in [0.1, 0.15) is 0 Å². The quantitative estimate of drug-likeness (QED) is 0.510. The lowest BCUT2D eigenvalue weighted by molar-refractivity contribution is 0.205. The first-order valence-corrected chi connectivity index (χ1v) is 6.82. The third-order valence-corrected chi connectivity index (χ3v) is 4.29. The molecular weight excluding hydrogens is 244 g/mol. The van der Waals surface area contributed by atoms with Crippen molar-refractivity contribution >= 4 is 31.8 Å². The zero-order valence-electron chi connectivity index (χ0n) is 6.25. The molecule has 0 aromatic carbocycles. The topological polar surface area (TPSA) is 97.7 Å². The van der Waals surface area contributed by atoms with Gasteiger partial charge in [0.15, 0.2) is 9.84 Å². The molecule has 1 fully saturated rings.